The summed E-state index contributed by atoms with van der Waals surface area (Å²) in [7, 11) is 0. The van der Waals surface area contributed by atoms with Crippen LogP contribution in [0.2, 0.25) is 0 Å². The molecule has 0 aliphatic carbocycles. The van der Waals surface area contributed by atoms with Gasteiger partial charge < -0.3 is 25.1 Å². The third-order valence-electron chi connectivity index (χ3n) is 3.15. The zero-order valence-corrected chi connectivity index (χ0v) is 12.7. The minimum absolute atomic E-state index is 0.108. The third kappa shape index (κ3) is 9.25. The molecule has 0 radical (unpaired) electrons. The average molecular weight is 291 g/mol. The van der Waals surface area contributed by atoms with E-state index in [4.69, 9.17) is 25.1 Å². The molecule has 0 aromatic rings. The lowest BCUT2D eigenvalue weighted by Gasteiger charge is -2.22. The average Bonchev–Trinajstić information content (AvgIpc) is 2.44. The van der Waals surface area contributed by atoms with Crippen LogP contribution in [0.3, 0.4) is 0 Å². The number of carboxylic acids is 1. The molecule has 0 rings (SSSR count). The predicted molar refractivity (Wildman–Crippen MR) is 76.8 cm³/mol. The Morgan fingerprint density at radius 1 is 1.05 bits per heavy atom. The van der Waals surface area contributed by atoms with Crippen molar-refractivity contribution in [2.24, 2.45) is 11.1 Å². The highest BCUT2D eigenvalue weighted by molar-refractivity contribution is 5.74. The highest BCUT2D eigenvalue weighted by Gasteiger charge is 2.30. The molecule has 0 saturated carbocycles. The Bertz CT molecular complexity index is 250. The SMILES string of the molecule is CCCCOCCOCCOCCC(C)(CN)C(=O)O. The van der Waals surface area contributed by atoms with Crippen LogP contribution in [0.5, 0.6) is 0 Å². The molecule has 3 N–H and O–H groups in total. The van der Waals surface area contributed by atoms with E-state index < -0.39 is 11.4 Å². The van der Waals surface area contributed by atoms with Crippen molar-refractivity contribution >= 4 is 5.97 Å². The van der Waals surface area contributed by atoms with Gasteiger partial charge in [-0.25, -0.2) is 0 Å². The van der Waals surface area contributed by atoms with E-state index >= 15 is 0 Å². The molecule has 0 saturated heterocycles. The van der Waals surface area contributed by atoms with Crippen LogP contribution in [-0.4, -0.2) is 57.3 Å². The number of ether oxygens (including phenoxy) is 3. The molecule has 20 heavy (non-hydrogen) atoms. The van der Waals surface area contributed by atoms with Gasteiger partial charge in [-0.1, -0.05) is 13.3 Å². The summed E-state index contributed by atoms with van der Waals surface area (Å²) in [6.45, 7) is 7.11. The maximum atomic E-state index is 11.0. The third-order valence-corrected chi connectivity index (χ3v) is 3.15. The fraction of sp³-hybridized carbons (Fsp3) is 0.929. The minimum Gasteiger partial charge on any atom is -0.481 e. The maximum Gasteiger partial charge on any atom is 0.310 e. The summed E-state index contributed by atoms with van der Waals surface area (Å²) < 4.78 is 16.0. The van der Waals surface area contributed by atoms with Crippen molar-refractivity contribution < 1.29 is 24.1 Å². The quantitative estimate of drug-likeness (QED) is 0.468. The van der Waals surface area contributed by atoms with Gasteiger partial charge in [0.1, 0.15) is 0 Å². The van der Waals surface area contributed by atoms with Gasteiger partial charge in [-0.2, -0.15) is 0 Å². The Labute approximate surface area is 121 Å². The molecule has 0 spiro atoms. The molecule has 0 aromatic heterocycles. The van der Waals surface area contributed by atoms with Gasteiger partial charge >= 0.3 is 5.97 Å². The maximum absolute atomic E-state index is 11.0. The van der Waals surface area contributed by atoms with E-state index in [1.165, 1.54) is 0 Å². The van der Waals surface area contributed by atoms with Crippen molar-refractivity contribution in [2.45, 2.75) is 33.1 Å². The number of aliphatic carboxylic acids is 1. The van der Waals surface area contributed by atoms with Crippen LogP contribution >= 0.6 is 0 Å². The van der Waals surface area contributed by atoms with E-state index in [-0.39, 0.29) is 6.54 Å². The minimum atomic E-state index is -0.909. The Balaban J connectivity index is 3.34. The van der Waals surface area contributed by atoms with Crippen molar-refractivity contribution in [1.29, 1.82) is 0 Å². The van der Waals surface area contributed by atoms with Gasteiger partial charge in [0.15, 0.2) is 0 Å². The van der Waals surface area contributed by atoms with Crippen LogP contribution in [0.4, 0.5) is 0 Å². The summed E-state index contributed by atoms with van der Waals surface area (Å²) in [6.07, 6.45) is 2.61. The number of hydrogen-bond donors (Lipinski definition) is 2. The van der Waals surface area contributed by atoms with Crippen molar-refractivity contribution in [3.05, 3.63) is 0 Å². The summed E-state index contributed by atoms with van der Waals surface area (Å²) in [5, 5.41) is 9.02. The molecule has 6 nitrogen and oxygen atoms in total. The van der Waals surface area contributed by atoms with E-state index in [1.54, 1.807) is 6.92 Å². The smallest absolute Gasteiger partial charge is 0.310 e. The number of rotatable bonds is 14. The molecule has 1 atom stereocenters. The summed E-state index contributed by atoms with van der Waals surface area (Å²) in [4.78, 5) is 11.0. The molecule has 0 bridgehead atoms. The number of carbonyl (C=O) groups is 1. The van der Waals surface area contributed by atoms with Gasteiger partial charge in [0, 0.05) is 19.8 Å². The standard InChI is InChI=1S/C14H29NO5/c1-3-4-6-18-8-10-20-11-9-19-7-5-14(2,12-15)13(16)17/h3-12,15H2,1-2H3,(H,16,17). The Kier molecular flexibility index (Phi) is 11.7. The first-order valence-electron chi connectivity index (χ1n) is 7.23. The largest absolute Gasteiger partial charge is 0.481 e. The molecule has 0 aromatic carbocycles. The lowest BCUT2D eigenvalue weighted by Crippen LogP contribution is -2.36. The van der Waals surface area contributed by atoms with Gasteiger partial charge in [-0.3, -0.25) is 4.79 Å². The van der Waals surface area contributed by atoms with Crippen LogP contribution in [0.25, 0.3) is 0 Å². The summed E-state index contributed by atoms with van der Waals surface area (Å²) in [5.74, 6) is -0.885. The fourth-order valence-electron chi connectivity index (χ4n) is 1.38. The van der Waals surface area contributed by atoms with Crippen molar-refractivity contribution in [1.82, 2.24) is 0 Å². The van der Waals surface area contributed by atoms with Gasteiger partial charge in [0.25, 0.3) is 0 Å². The van der Waals surface area contributed by atoms with Gasteiger partial charge in [0.05, 0.1) is 31.8 Å². The molecule has 0 heterocycles. The van der Waals surface area contributed by atoms with Crippen LogP contribution < -0.4 is 5.73 Å². The predicted octanol–water partition coefficient (Wildman–Crippen LogP) is 1.28. The summed E-state index contributed by atoms with van der Waals surface area (Å²) >= 11 is 0. The fourth-order valence-corrected chi connectivity index (χ4v) is 1.38. The zero-order valence-electron chi connectivity index (χ0n) is 12.7. The lowest BCUT2D eigenvalue weighted by atomic mass is 9.87. The number of carboxylic acid groups (broad SMARTS) is 1. The van der Waals surface area contributed by atoms with Gasteiger partial charge in [-0.05, 0) is 19.8 Å². The van der Waals surface area contributed by atoms with E-state index in [0.717, 1.165) is 19.4 Å². The first-order chi connectivity index (χ1) is 9.56. The lowest BCUT2D eigenvalue weighted by molar-refractivity contribution is -0.148. The van der Waals surface area contributed by atoms with Crippen molar-refractivity contribution in [3.8, 4) is 0 Å². The summed E-state index contributed by atoms with van der Waals surface area (Å²) in [5.41, 5.74) is 4.55. The molecule has 0 aliphatic rings. The topological polar surface area (TPSA) is 91.0 Å². The van der Waals surface area contributed by atoms with Crippen LogP contribution in [0.1, 0.15) is 33.1 Å². The molecule has 1 unspecified atom stereocenters. The highest BCUT2D eigenvalue weighted by Crippen LogP contribution is 2.19. The molecule has 120 valence electrons. The second-order valence-corrected chi connectivity index (χ2v) is 5.01. The molecule has 0 amide bonds. The molecule has 6 heteroatoms. The van der Waals surface area contributed by atoms with E-state index in [9.17, 15) is 4.79 Å². The molecule has 0 aliphatic heterocycles. The molecular formula is C14H29NO5. The Morgan fingerprint density at radius 3 is 2.00 bits per heavy atom. The highest BCUT2D eigenvalue weighted by atomic mass is 16.5. The first-order valence-corrected chi connectivity index (χ1v) is 7.23. The van der Waals surface area contributed by atoms with Crippen LogP contribution in [-0.2, 0) is 19.0 Å². The Morgan fingerprint density at radius 2 is 1.55 bits per heavy atom. The first kappa shape index (κ1) is 19.3. The zero-order chi connectivity index (χ0) is 15.3. The van der Waals surface area contributed by atoms with Crippen LogP contribution in [0, 0.1) is 5.41 Å². The van der Waals surface area contributed by atoms with Crippen molar-refractivity contribution in [3.63, 3.8) is 0 Å². The second-order valence-electron chi connectivity index (χ2n) is 5.01. The van der Waals surface area contributed by atoms with E-state index in [1.807, 2.05) is 0 Å². The number of hydrogen-bond acceptors (Lipinski definition) is 5. The van der Waals surface area contributed by atoms with E-state index in [2.05, 4.69) is 6.92 Å². The number of nitrogens with two attached hydrogens (primary N) is 1. The van der Waals surface area contributed by atoms with Crippen molar-refractivity contribution in [2.75, 3.05) is 46.2 Å². The molecule has 0 fully saturated rings. The van der Waals surface area contributed by atoms with Gasteiger partial charge in [-0.15, -0.1) is 0 Å². The van der Waals surface area contributed by atoms with Gasteiger partial charge in [0.2, 0.25) is 0 Å². The molecular weight excluding hydrogens is 262 g/mol. The van der Waals surface area contributed by atoms with E-state index in [0.29, 0.717) is 39.5 Å². The monoisotopic (exact) mass is 291 g/mol. The van der Waals surface area contributed by atoms with Crippen LogP contribution in [0.15, 0.2) is 0 Å². The summed E-state index contributed by atoms with van der Waals surface area (Å²) in [6, 6.07) is 0. The normalized spacial score (nSPS) is 14.2. The second kappa shape index (κ2) is 12.1. The number of unbranched alkanes of at least 4 members (excludes halogenated alkanes) is 1. The Hall–Kier alpha value is -0.690.